The molecule has 2 saturated carbocycles. The van der Waals surface area contributed by atoms with Crippen LogP contribution < -0.4 is 0 Å². The van der Waals surface area contributed by atoms with E-state index in [1.807, 2.05) is 0 Å². The average molecular weight is 276 g/mol. The van der Waals surface area contributed by atoms with E-state index in [-0.39, 0.29) is 0 Å². The van der Waals surface area contributed by atoms with Gasteiger partial charge in [-0.15, -0.1) is 0 Å². The molecule has 2 bridgehead atoms. The van der Waals surface area contributed by atoms with Gasteiger partial charge < -0.3 is 4.90 Å². The van der Waals surface area contributed by atoms with Crippen LogP contribution in [-0.4, -0.2) is 48.1 Å². The molecule has 0 radical (unpaired) electrons. The van der Waals surface area contributed by atoms with Crippen molar-refractivity contribution in [3.8, 4) is 0 Å². The molecule has 0 aromatic heterocycles. The lowest BCUT2D eigenvalue weighted by atomic mass is 9.91. The van der Waals surface area contributed by atoms with Crippen molar-refractivity contribution in [1.82, 2.24) is 9.80 Å². The third-order valence-corrected chi connectivity index (χ3v) is 6.83. The van der Waals surface area contributed by atoms with E-state index in [2.05, 4.69) is 9.80 Å². The van der Waals surface area contributed by atoms with E-state index in [0.29, 0.717) is 0 Å². The minimum atomic E-state index is 0.919. The Kier molecular flexibility index (Phi) is 4.05. The molecule has 2 heteroatoms. The van der Waals surface area contributed by atoms with Gasteiger partial charge >= 0.3 is 0 Å². The first kappa shape index (κ1) is 13.6. The lowest BCUT2D eigenvalue weighted by molar-refractivity contribution is 0.0654. The molecule has 114 valence electrons. The molecule has 20 heavy (non-hydrogen) atoms. The molecule has 0 aromatic carbocycles. The number of fused-ring (bicyclic) bond motifs is 2. The minimum absolute atomic E-state index is 0.919. The molecule has 0 amide bonds. The quantitative estimate of drug-likeness (QED) is 0.761. The van der Waals surface area contributed by atoms with Gasteiger partial charge in [0.15, 0.2) is 0 Å². The number of nitrogens with zero attached hydrogens (tertiary/aromatic N) is 2. The summed E-state index contributed by atoms with van der Waals surface area (Å²) in [5.74, 6) is 2.18. The lowest BCUT2D eigenvalue weighted by Gasteiger charge is -2.42. The maximum absolute atomic E-state index is 2.89. The molecule has 2 heterocycles. The van der Waals surface area contributed by atoms with Crippen molar-refractivity contribution in [3.63, 3.8) is 0 Å². The van der Waals surface area contributed by atoms with Crippen LogP contribution in [0.5, 0.6) is 0 Å². The van der Waals surface area contributed by atoms with E-state index in [4.69, 9.17) is 0 Å². The van der Waals surface area contributed by atoms with Crippen LogP contribution in [0.4, 0.5) is 0 Å². The van der Waals surface area contributed by atoms with Gasteiger partial charge in [0.05, 0.1) is 0 Å². The fraction of sp³-hybridized carbons (Fsp3) is 1.00. The fourth-order valence-corrected chi connectivity index (χ4v) is 5.70. The van der Waals surface area contributed by atoms with Crippen LogP contribution >= 0.6 is 0 Å². The van der Waals surface area contributed by atoms with Gasteiger partial charge in [0, 0.05) is 12.1 Å². The first-order chi connectivity index (χ1) is 9.90. The molecule has 2 aliphatic carbocycles. The zero-order valence-corrected chi connectivity index (χ0v) is 13.1. The highest BCUT2D eigenvalue weighted by atomic mass is 15.2. The highest BCUT2D eigenvalue weighted by molar-refractivity contribution is 4.97. The molecule has 4 rings (SSSR count). The SMILES string of the molecule is C1CCCN(C2CCN([C@@H]3C[C@H]4CC[C@H]3C4)CC2)CC1. The Labute approximate surface area is 124 Å². The largest absolute Gasteiger partial charge is 0.300 e. The monoisotopic (exact) mass is 276 g/mol. The van der Waals surface area contributed by atoms with Crippen molar-refractivity contribution >= 4 is 0 Å². The molecule has 2 nitrogen and oxygen atoms in total. The highest BCUT2D eigenvalue weighted by Gasteiger charge is 2.43. The smallest absolute Gasteiger partial charge is 0.0126 e. The maximum atomic E-state index is 2.89. The Morgan fingerprint density at radius 2 is 1.35 bits per heavy atom. The fourth-order valence-electron chi connectivity index (χ4n) is 5.70. The zero-order chi connectivity index (χ0) is 13.4. The second kappa shape index (κ2) is 5.96. The Bertz CT molecular complexity index is 313. The second-order valence-corrected chi connectivity index (χ2v) is 7.96. The van der Waals surface area contributed by atoms with E-state index in [1.54, 1.807) is 25.7 Å². The summed E-state index contributed by atoms with van der Waals surface area (Å²) < 4.78 is 0. The number of rotatable bonds is 2. The van der Waals surface area contributed by atoms with Crippen LogP contribution in [0.25, 0.3) is 0 Å². The maximum Gasteiger partial charge on any atom is 0.0126 e. The molecule has 2 aliphatic heterocycles. The van der Waals surface area contributed by atoms with Gasteiger partial charge in [0.25, 0.3) is 0 Å². The van der Waals surface area contributed by atoms with Gasteiger partial charge in [-0.05, 0) is 83.0 Å². The summed E-state index contributed by atoms with van der Waals surface area (Å²) in [6, 6.07) is 1.90. The molecular weight excluding hydrogens is 244 g/mol. The van der Waals surface area contributed by atoms with Gasteiger partial charge in [0.2, 0.25) is 0 Å². The number of likely N-dealkylation sites (tertiary alicyclic amines) is 2. The second-order valence-electron chi connectivity index (χ2n) is 7.96. The molecule has 0 aromatic rings. The predicted octanol–water partition coefficient (Wildman–Crippen LogP) is 3.52. The number of piperidine rings is 1. The predicted molar refractivity (Wildman–Crippen MR) is 83.9 cm³/mol. The normalized spacial score (nSPS) is 41.1. The van der Waals surface area contributed by atoms with Crippen LogP contribution in [0.2, 0.25) is 0 Å². The summed E-state index contributed by atoms with van der Waals surface area (Å²) in [4.78, 5) is 5.73. The van der Waals surface area contributed by atoms with Crippen molar-refractivity contribution in [1.29, 1.82) is 0 Å². The van der Waals surface area contributed by atoms with Crippen LogP contribution in [0.15, 0.2) is 0 Å². The van der Waals surface area contributed by atoms with Crippen molar-refractivity contribution < 1.29 is 0 Å². The molecule has 4 fully saturated rings. The summed E-state index contributed by atoms with van der Waals surface area (Å²) in [5.41, 5.74) is 0. The standard InChI is InChI=1S/C18H32N2/c1-2-4-10-19(9-3-1)17-7-11-20(12-8-17)18-14-15-5-6-16(18)13-15/h15-18H,1-14H2/t15-,16-,18+/m0/s1. The third-order valence-electron chi connectivity index (χ3n) is 6.83. The summed E-state index contributed by atoms with van der Waals surface area (Å²) in [5, 5.41) is 0. The van der Waals surface area contributed by atoms with E-state index >= 15 is 0 Å². The van der Waals surface area contributed by atoms with Crippen LogP contribution in [0.3, 0.4) is 0 Å². The molecular formula is C18H32N2. The molecule has 4 aliphatic rings. The van der Waals surface area contributed by atoms with Gasteiger partial charge in [0.1, 0.15) is 0 Å². The molecule has 3 atom stereocenters. The van der Waals surface area contributed by atoms with Gasteiger partial charge in [-0.25, -0.2) is 0 Å². The number of hydrogen-bond donors (Lipinski definition) is 0. The first-order valence-corrected chi connectivity index (χ1v) is 9.38. The summed E-state index contributed by atoms with van der Waals surface area (Å²) in [6.45, 7) is 5.57. The molecule has 0 spiro atoms. The van der Waals surface area contributed by atoms with E-state index in [0.717, 1.165) is 23.9 Å². The van der Waals surface area contributed by atoms with E-state index in [9.17, 15) is 0 Å². The highest BCUT2D eigenvalue weighted by Crippen LogP contribution is 2.47. The van der Waals surface area contributed by atoms with Crippen molar-refractivity contribution in [3.05, 3.63) is 0 Å². The Hall–Kier alpha value is -0.0800. The Morgan fingerprint density at radius 1 is 0.600 bits per heavy atom. The van der Waals surface area contributed by atoms with Crippen molar-refractivity contribution in [2.24, 2.45) is 11.8 Å². The van der Waals surface area contributed by atoms with Gasteiger partial charge in [-0.2, -0.15) is 0 Å². The van der Waals surface area contributed by atoms with Crippen molar-refractivity contribution in [2.45, 2.75) is 76.3 Å². The Morgan fingerprint density at radius 3 is 1.95 bits per heavy atom. The average Bonchev–Trinajstić information content (AvgIpc) is 3.02. The number of hydrogen-bond acceptors (Lipinski definition) is 2. The zero-order valence-electron chi connectivity index (χ0n) is 13.1. The topological polar surface area (TPSA) is 6.48 Å². The van der Waals surface area contributed by atoms with E-state index in [1.165, 1.54) is 64.7 Å². The minimum Gasteiger partial charge on any atom is -0.300 e. The van der Waals surface area contributed by atoms with Gasteiger partial charge in [-0.1, -0.05) is 19.3 Å². The Balaban J connectivity index is 1.29. The van der Waals surface area contributed by atoms with Crippen molar-refractivity contribution in [2.75, 3.05) is 26.2 Å². The van der Waals surface area contributed by atoms with Crippen LogP contribution in [-0.2, 0) is 0 Å². The van der Waals surface area contributed by atoms with E-state index < -0.39 is 0 Å². The summed E-state index contributed by atoms with van der Waals surface area (Å²) in [7, 11) is 0. The summed E-state index contributed by atoms with van der Waals surface area (Å²) >= 11 is 0. The summed E-state index contributed by atoms with van der Waals surface area (Å²) in [6.07, 6.45) is 14.9. The van der Waals surface area contributed by atoms with Gasteiger partial charge in [-0.3, -0.25) is 4.90 Å². The first-order valence-electron chi connectivity index (χ1n) is 9.38. The third kappa shape index (κ3) is 2.66. The molecule has 2 saturated heterocycles. The lowest BCUT2D eigenvalue weighted by Crippen LogP contribution is -2.49. The molecule has 0 unspecified atom stereocenters. The molecule has 0 N–H and O–H groups in total. The van der Waals surface area contributed by atoms with Crippen LogP contribution in [0, 0.1) is 11.8 Å². The van der Waals surface area contributed by atoms with Crippen LogP contribution in [0.1, 0.15) is 64.2 Å².